The molecular formula is C39H59N4O+3. The molecule has 2 aliphatic heterocycles. The lowest BCUT2D eigenvalue weighted by molar-refractivity contribution is -0.871. The third kappa shape index (κ3) is 7.38. The first-order valence-electron chi connectivity index (χ1n) is 16.3. The molecule has 4 rings (SSSR count). The maximum atomic E-state index is 5.62. The van der Waals surface area contributed by atoms with Crippen molar-refractivity contribution in [1.29, 1.82) is 0 Å². The largest absolute Gasteiger partial charge is 0.497 e. The Morgan fingerprint density at radius 2 is 1.48 bits per heavy atom. The molecule has 5 heteroatoms. The fourth-order valence-corrected chi connectivity index (χ4v) is 6.82. The Kier molecular flexibility index (Phi) is 9.73. The van der Waals surface area contributed by atoms with E-state index >= 15 is 0 Å². The summed E-state index contributed by atoms with van der Waals surface area (Å²) < 4.78 is 10.1. The molecule has 0 fully saturated rings. The number of hydrogen-bond donors (Lipinski definition) is 0. The zero-order valence-corrected chi connectivity index (χ0v) is 29.8. The first-order chi connectivity index (χ1) is 20.5. The standard InChI is InChI=1S/C39H59N4O/c1-30-20-22-34-32(28-30)38(2,3)36(40(34)24-16-26-42(6,7)8)18-14-13-15-19-37-39(4,5)33-29-31(44-12)21-23-35(33)41(37)25-17-27-43(9,10)11/h13-15,18-23,28-29H,16-17,24-27H2,1-12H3/q+3. The van der Waals surface area contributed by atoms with Gasteiger partial charge in [-0.15, -0.1) is 0 Å². The minimum absolute atomic E-state index is 0.0444. The van der Waals surface area contributed by atoms with Crippen molar-refractivity contribution < 1.29 is 18.3 Å². The lowest BCUT2D eigenvalue weighted by Gasteiger charge is -2.29. The monoisotopic (exact) mass is 599 g/mol. The average Bonchev–Trinajstić information content (AvgIpc) is 3.25. The van der Waals surface area contributed by atoms with Gasteiger partial charge in [0.2, 0.25) is 5.69 Å². The predicted octanol–water partition coefficient (Wildman–Crippen LogP) is 7.37. The van der Waals surface area contributed by atoms with Gasteiger partial charge in [-0.3, -0.25) is 0 Å². The van der Waals surface area contributed by atoms with Crippen molar-refractivity contribution >= 4 is 17.1 Å². The van der Waals surface area contributed by atoms with E-state index in [9.17, 15) is 0 Å². The van der Waals surface area contributed by atoms with Crippen LogP contribution in [0.25, 0.3) is 0 Å². The second-order valence-electron chi connectivity index (χ2n) is 15.9. The van der Waals surface area contributed by atoms with Gasteiger partial charge in [0.1, 0.15) is 5.75 Å². The van der Waals surface area contributed by atoms with Crippen molar-refractivity contribution in [2.45, 2.75) is 58.3 Å². The molecule has 0 atom stereocenters. The Bertz CT molecular complexity index is 1470. The van der Waals surface area contributed by atoms with Crippen LogP contribution < -0.4 is 9.64 Å². The van der Waals surface area contributed by atoms with Gasteiger partial charge in [-0.05, 0) is 50.6 Å². The lowest BCUT2D eigenvalue weighted by Crippen LogP contribution is -2.37. The molecule has 0 aliphatic carbocycles. The van der Waals surface area contributed by atoms with Crippen molar-refractivity contribution in [1.82, 2.24) is 0 Å². The summed E-state index contributed by atoms with van der Waals surface area (Å²) in [7, 11) is 15.4. The van der Waals surface area contributed by atoms with Crippen molar-refractivity contribution in [2.75, 3.05) is 80.5 Å². The van der Waals surface area contributed by atoms with Crippen LogP contribution in [0.2, 0.25) is 0 Å². The van der Waals surface area contributed by atoms with Crippen molar-refractivity contribution in [3.63, 3.8) is 0 Å². The van der Waals surface area contributed by atoms with E-state index in [0.717, 1.165) is 53.7 Å². The smallest absolute Gasteiger partial charge is 0.210 e. The summed E-state index contributed by atoms with van der Waals surface area (Å²) in [6.45, 7) is 15.9. The summed E-state index contributed by atoms with van der Waals surface area (Å²) >= 11 is 0. The first kappa shape index (κ1) is 33.7. The molecular weight excluding hydrogens is 540 g/mol. The predicted molar refractivity (Wildman–Crippen MR) is 189 cm³/mol. The lowest BCUT2D eigenvalue weighted by atomic mass is 9.81. The summed E-state index contributed by atoms with van der Waals surface area (Å²) in [5, 5.41) is 0. The summed E-state index contributed by atoms with van der Waals surface area (Å²) in [4.78, 5) is 2.56. The Morgan fingerprint density at radius 3 is 2.14 bits per heavy atom. The summed E-state index contributed by atoms with van der Waals surface area (Å²) in [5.74, 6) is 0.918. The van der Waals surface area contributed by atoms with Crippen LogP contribution in [0.3, 0.4) is 0 Å². The van der Waals surface area contributed by atoms with Gasteiger partial charge in [0.15, 0.2) is 12.3 Å². The quantitative estimate of drug-likeness (QED) is 0.144. The van der Waals surface area contributed by atoms with Gasteiger partial charge in [-0.2, -0.15) is 4.58 Å². The highest BCUT2D eigenvalue weighted by Gasteiger charge is 2.44. The number of aryl methyl sites for hydroxylation is 1. The molecule has 0 spiro atoms. The number of hydrogen-bond acceptors (Lipinski definition) is 2. The van der Waals surface area contributed by atoms with E-state index in [0.29, 0.717) is 0 Å². The summed E-state index contributed by atoms with van der Waals surface area (Å²) in [6, 6.07) is 13.5. The number of rotatable bonds is 12. The highest BCUT2D eigenvalue weighted by atomic mass is 16.5. The molecule has 0 N–H and O–H groups in total. The van der Waals surface area contributed by atoms with Gasteiger partial charge in [0, 0.05) is 47.5 Å². The Balaban J connectivity index is 1.63. The minimum atomic E-state index is -0.113. The molecule has 0 saturated carbocycles. The number of anilines is 1. The van der Waals surface area contributed by atoms with Gasteiger partial charge in [-0.25, -0.2) is 0 Å². The molecule has 0 bridgehead atoms. The van der Waals surface area contributed by atoms with Crippen LogP contribution in [0.15, 0.2) is 72.5 Å². The van der Waals surface area contributed by atoms with Crippen LogP contribution in [0.1, 0.15) is 57.2 Å². The molecule has 2 aliphatic rings. The number of allylic oxidation sites excluding steroid dienone is 6. The molecule has 5 nitrogen and oxygen atoms in total. The van der Waals surface area contributed by atoms with Crippen LogP contribution in [-0.2, 0) is 10.8 Å². The number of methoxy groups -OCH3 is 1. The molecule has 0 unspecified atom stereocenters. The van der Waals surface area contributed by atoms with Crippen molar-refractivity contribution in [3.8, 4) is 5.75 Å². The van der Waals surface area contributed by atoms with Crippen LogP contribution in [0.4, 0.5) is 11.4 Å². The van der Waals surface area contributed by atoms with E-state index in [-0.39, 0.29) is 10.8 Å². The van der Waals surface area contributed by atoms with E-state index in [2.05, 4.69) is 153 Å². The fourth-order valence-electron chi connectivity index (χ4n) is 6.82. The third-order valence-electron chi connectivity index (χ3n) is 9.30. The summed E-state index contributed by atoms with van der Waals surface area (Å²) in [6.07, 6.45) is 13.6. The molecule has 238 valence electrons. The topological polar surface area (TPSA) is 15.5 Å². The average molecular weight is 600 g/mol. The summed E-state index contributed by atoms with van der Waals surface area (Å²) in [5.41, 5.74) is 9.30. The van der Waals surface area contributed by atoms with Crippen LogP contribution >= 0.6 is 0 Å². The molecule has 44 heavy (non-hydrogen) atoms. The van der Waals surface area contributed by atoms with Crippen LogP contribution in [0.5, 0.6) is 5.75 Å². The molecule has 0 radical (unpaired) electrons. The molecule has 2 aromatic rings. The van der Waals surface area contributed by atoms with Gasteiger partial charge in [0.05, 0.1) is 74.3 Å². The molecule has 0 saturated heterocycles. The number of nitrogens with zero attached hydrogens (tertiary/aromatic N) is 4. The maximum Gasteiger partial charge on any atom is 0.210 e. The normalized spacial score (nSPS) is 18.6. The van der Waals surface area contributed by atoms with E-state index < -0.39 is 0 Å². The minimum Gasteiger partial charge on any atom is -0.497 e. The van der Waals surface area contributed by atoms with Crippen molar-refractivity contribution in [2.24, 2.45) is 0 Å². The Labute approximate surface area is 268 Å². The highest BCUT2D eigenvalue weighted by molar-refractivity contribution is 6.03. The van der Waals surface area contributed by atoms with Crippen molar-refractivity contribution in [3.05, 3.63) is 89.2 Å². The zero-order valence-electron chi connectivity index (χ0n) is 29.8. The number of ether oxygens (including phenoxy) is 1. The maximum absolute atomic E-state index is 5.62. The van der Waals surface area contributed by atoms with Gasteiger partial charge < -0.3 is 18.6 Å². The van der Waals surface area contributed by atoms with E-state index in [1.165, 1.54) is 39.5 Å². The Hall–Kier alpha value is -3.15. The molecule has 0 amide bonds. The fraction of sp³-hybridized carbons (Fsp3) is 0.513. The van der Waals surface area contributed by atoms with E-state index in [1.807, 2.05) is 0 Å². The van der Waals surface area contributed by atoms with E-state index in [4.69, 9.17) is 4.74 Å². The number of benzene rings is 2. The van der Waals surface area contributed by atoms with Gasteiger partial charge in [-0.1, -0.05) is 49.8 Å². The molecule has 2 heterocycles. The number of fused-ring (bicyclic) bond motifs is 2. The van der Waals surface area contributed by atoms with Crippen LogP contribution in [0, 0.1) is 6.92 Å². The second kappa shape index (κ2) is 12.7. The second-order valence-corrected chi connectivity index (χ2v) is 15.9. The molecule has 2 aromatic carbocycles. The van der Waals surface area contributed by atoms with Crippen LogP contribution in [-0.4, -0.2) is 94.8 Å². The third-order valence-corrected chi connectivity index (χ3v) is 9.30. The number of quaternary nitrogens is 2. The van der Waals surface area contributed by atoms with Gasteiger partial charge in [0.25, 0.3) is 0 Å². The molecule has 0 aromatic heterocycles. The SMILES string of the molecule is COc1ccc2c(c1)C(C)(C)C(/C=C/C=C/C=C1/N(CCC[N+](C)(C)C)c3ccc(C)cc3C1(C)C)=[N+]2CCC[N+](C)(C)C. The van der Waals surface area contributed by atoms with Gasteiger partial charge >= 0.3 is 0 Å². The Morgan fingerprint density at radius 1 is 0.795 bits per heavy atom. The first-order valence-corrected chi connectivity index (χ1v) is 16.3. The van der Waals surface area contributed by atoms with E-state index in [1.54, 1.807) is 7.11 Å². The highest BCUT2D eigenvalue weighted by Crippen LogP contribution is 2.48. The zero-order chi connectivity index (χ0) is 32.5.